The van der Waals surface area contributed by atoms with Crippen LogP contribution in [-0.4, -0.2) is 17.3 Å². The van der Waals surface area contributed by atoms with Crippen molar-refractivity contribution in [2.45, 2.75) is 52.9 Å². The van der Waals surface area contributed by atoms with Crippen molar-refractivity contribution in [3.8, 4) is 0 Å². The van der Waals surface area contributed by atoms with Gasteiger partial charge in [0.2, 0.25) is 0 Å². The van der Waals surface area contributed by atoms with Crippen LogP contribution in [0.4, 0.5) is 0 Å². The molecule has 0 bridgehead atoms. The lowest BCUT2D eigenvalue weighted by atomic mass is 10.3. The summed E-state index contributed by atoms with van der Waals surface area (Å²) in [6.07, 6.45) is 7.03. The van der Waals surface area contributed by atoms with Gasteiger partial charge < -0.3 is 0 Å². The first-order valence-electron chi connectivity index (χ1n) is 5.64. The van der Waals surface area contributed by atoms with E-state index in [0.29, 0.717) is 0 Å². The van der Waals surface area contributed by atoms with Crippen LogP contribution in [0.15, 0.2) is 0 Å². The molecule has 82 valence electrons. The smallest absolute Gasteiger partial charge is 0.0144 e. The Labute approximate surface area is 98.2 Å². The molecule has 0 aliphatic carbocycles. The van der Waals surface area contributed by atoms with Gasteiger partial charge in [-0.05, 0) is 57.7 Å². The molecule has 13 heavy (non-hydrogen) atoms. The van der Waals surface area contributed by atoms with Gasteiger partial charge in [0.1, 0.15) is 0 Å². The fourth-order valence-electron chi connectivity index (χ4n) is 1.65. The molecule has 0 aromatic heterocycles. The summed E-state index contributed by atoms with van der Waals surface area (Å²) >= 11 is 2.80. The maximum Gasteiger partial charge on any atom is -0.0144 e. The molecule has 2 heteroatoms. The highest BCUT2D eigenvalue weighted by Crippen LogP contribution is 2.57. The molecule has 0 aromatic carbocycles. The van der Waals surface area contributed by atoms with Crippen molar-refractivity contribution in [2.24, 2.45) is 0 Å². The molecule has 0 N–H and O–H groups in total. The van der Waals surface area contributed by atoms with Gasteiger partial charge in [-0.15, -0.1) is 0 Å². The average molecular weight is 316 g/mol. The fourth-order valence-corrected chi connectivity index (χ4v) is 8.02. The summed E-state index contributed by atoms with van der Waals surface area (Å²) in [6, 6.07) is 0. The first-order chi connectivity index (χ1) is 6.18. The second-order valence-electron chi connectivity index (χ2n) is 3.76. The number of rotatable bonds is 8. The predicted molar refractivity (Wildman–Crippen MR) is 76.3 cm³/mol. The van der Waals surface area contributed by atoms with Gasteiger partial charge in [0.15, 0.2) is 0 Å². The van der Waals surface area contributed by atoms with E-state index >= 15 is 0 Å². The molecule has 0 unspecified atom stereocenters. The number of hydrogen-bond donors (Lipinski definition) is 0. The lowest BCUT2D eigenvalue weighted by Gasteiger charge is -2.33. The lowest BCUT2D eigenvalue weighted by Crippen LogP contribution is -2.06. The third-order valence-electron chi connectivity index (χ3n) is 2.25. The van der Waals surface area contributed by atoms with Gasteiger partial charge in [0, 0.05) is 0 Å². The van der Waals surface area contributed by atoms with Crippen LogP contribution in [-0.2, 0) is 0 Å². The Balaban J connectivity index is 3.76. The first-order valence-corrected chi connectivity index (χ1v) is 10.3. The molecule has 0 rings (SSSR count). The molecule has 0 fully saturated rings. The van der Waals surface area contributed by atoms with Gasteiger partial charge in [-0.2, -0.15) is 7.20 Å². The Kier molecular flexibility index (Phi) is 9.09. The Morgan fingerprint density at radius 2 is 1.31 bits per heavy atom. The van der Waals surface area contributed by atoms with E-state index in [1.807, 2.05) is 0 Å². The Bertz CT molecular complexity index is 109. The van der Waals surface area contributed by atoms with Gasteiger partial charge in [-0.3, -0.25) is 0 Å². The van der Waals surface area contributed by atoms with Gasteiger partial charge in [-0.25, -0.2) is 0 Å². The molecule has 0 aromatic rings. The third-order valence-corrected chi connectivity index (χ3v) is 9.52. The van der Waals surface area contributed by atoms with Crippen LogP contribution in [0.1, 0.15) is 52.9 Å². The quantitative estimate of drug-likeness (QED) is 0.429. The van der Waals surface area contributed by atoms with E-state index in [9.17, 15) is 0 Å². The predicted octanol–water partition coefficient (Wildman–Crippen LogP) is 5.15. The average Bonchev–Trinajstić information content (AvgIpc) is 2.05. The SMILES string of the molecule is CCCCCS(I)(CCC)CCC. The Morgan fingerprint density at radius 3 is 1.69 bits per heavy atom. The van der Waals surface area contributed by atoms with Crippen LogP contribution in [0.25, 0.3) is 0 Å². The maximum atomic E-state index is 2.80. The largest absolute Gasteiger partial charge is 0.187 e. The maximum absolute atomic E-state index is 2.80. The van der Waals surface area contributed by atoms with Gasteiger partial charge in [0.25, 0.3) is 0 Å². The highest BCUT2D eigenvalue weighted by Gasteiger charge is 2.17. The van der Waals surface area contributed by atoms with E-state index in [1.54, 1.807) is 0 Å². The lowest BCUT2D eigenvalue weighted by molar-refractivity contribution is 0.776. The molecule has 0 nitrogen and oxygen atoms in total. The molecule has 0 heterocycles. The minimum atomic E-state index is -0.241. The number of unbranched alkanes of at least 4 members (excludes halogenated alkanes) is 2. The standard InChI is InChI=1S/C11H25IS/c1-4-7-8-11-13(12,9-5-2)10-6-3/h4-11H2,1-3H3. The van der Waals surface area contributed by atoms with E-state index in [2.05, 4.69) is 42.0 Å². The van der Waals surface area contributed by atoms with Crippen LogP contribution in [0.2, 0.25) is 0 Å². The molecular weight excluding hydrogens is 291 g/mol. The minimum Gasteiger partial charge on any atom is -0.187 e. The van der Waals surface area contributed by atoms with Crippen molar-refractivity contribution < 1.29 is 0 Å². The summed E-state index contributed by atoms with van der Waals surface area (Å²) in [5.41, 5.74) is 0. The third kappa shape index (κ3) is 7.06. The molecule has 0 aliphatic heterocycles. The summed E-state index contributed by atoms with van der Waals surface area (Å²) in [4.78, 5) is 0. The summed E-state index contributed by atoms with van der Waals surface area (Å²) in [5.74, 6) is 4.50. The summed E-state index contributed by atoms with van der Waals surface area (Å²) in [6.45, 7) is 6.95. The Morgan fingerprint density at radius 1 is 0.769 bits per heavy atom. The van der Waals surface area contributed by atoms with Crippen molar-refractivity contribution in [2.75, 3.05) is 17.3 Å². The van der Waals surface area contributed by atoms with E-state index in [1.165, 1.54) is 49.4 Å². The van der Waals surface area contributed by atoms with Crippen LogP contribution in [0.3, 0.4) is 0 Å². The van der Waals surface area contributed by atoms with Gasteiger partial charge in [0.05, 0.1) is 0 Å². The van der Waals surface area contributed by atoms with Crippen molar-refractivity contribution in [1.29, 1.82) is 0 Å². The zero-order valence-electron chi connectivity index (χ0n) is 9.44. The molecule has 0 atom stereocenters. The molecule has 0 saturated carbocycles. The van der Waals surface area contributed by atoms with Crippen molar-refractivity contribution in [3.63, 3.8) is 0 Å². The highest BCUT2D eigenvalue weighted by molar-refractivity contribution is 14.2. The van der Waals surface area contributed by atoms with Crippen molar-refractivity contribution >= 4 is 28.4 Å². The topological polar surface area (TPSA) is 0 Å². The Hall–Kier alpha value is 1.08. The second-order valence-corrected chi connectivity index (χ2v) is 12.5. The summed E-state index contributed by atoms with van der Waals surface area (Å²) in [7, 11) is -0.241. The first kappa shape index (κ1) is 14.1. The van der Waals surface area contributed by atoms with E-state index in [-0.39, 0.29) is 7.20 Å². The number of halogens is 1. The monoisotopic (exact) mass is 316 g/mol. The van der Waals surface area contributed by atoms with E-state index in [0.717, 1.165) is 0 Å². The van der Waals surface area contributed by atoms with E-state index in [4.69, 9.17) is 0 Å². The molecular formula is C11H25IS. The van der Waals surface area contributed by atoms with Crippen LogP contribution >= 0.6 is 28.4 Å². The van der Waals surface area contributed by atoms with Crippen molar-refractivity contribution in [3.05, 3.63) is 0 Å². The summed E-state index contributed by atoms with van der Waals surface area (Å²) < 4.78 is 0. The molecule has 0 saturated heterocycles. The van der Waals surface area contributed by atoms with Crippen molar-refractivity contribution in [1.82, 2.24) is 0 Å². The fraction of sp³-hybridized carbons (Fsp3) is 1.00. The normalized spacial score (nSPS) is 13.2. The summed E-state index contributed by atoms with van der Waals surface area (Å²) in [5, 5.41) is 0. The molecule has 0 amide bonds. The highest BCUT2D eigenvalue weighted by atomic mass is 127. The number of hydrogen-bond acceptors (Lipinski definition) is 0. The zero-order valence-corrected chi connectivity index (χ0v) is 12.4. The zero-order chi connectivity index (χ0) is 10.2. The second kappa shape index (κ2) is 8.39. The molecule has 0 spiro atoms. The van der Waals surface area contributed by atoms with Gasteiger partial charge >= 0.3 is 0 Å². The molecule has 0 radical (unpaired) electrons. The van der Waals surface area contributed by atoms with Crippen LogP contribution in [0, 0.1) is 0 Å². The van der Waals surface area contributed by atoms with Crippen LogP contribution < -0.4 is 0 Å². The van der Waals surface area contributed by atoms with E-state index < -0.39 is 0 Å². The van der Waals surface area contributed by atoms with Gasteiger partial charge in [-0.1, -0.05) is 33.6 Å². The minimum absolute atomic E-state index is 0.241. The molecule has 0 aliphatic rings. The van der Waals surface area contributed by atoms with Crippen LogP contribution in [0.5, 0.6) is 0 Å².